The molecule has 0 radical (unpaired) electrons. The van der Waals surface area contributed by atoms with E-state index >= 15 is 0 Å². The van der Waals surface area contributed by atoms with Crippen molar-refractivity contribution >= 4 is 17.5 Å². The number of rotatable bonds is 2. The van der Waals surface area contributed by atoms with Gasteiger partial charge in [0.25, 0.3) is 0 Å². The lowest BCUT2D eigenvalue weighted by Gasteiger charge is -2.37. The van der Waals surface area contributed by atoms with E-state index in [1.165, 1.54) is 0 Å². The second-order valence-electron chi connectivity index (χ2n) is 5.14. The summed E-state index contributed by atoms with van der Waals surface area (Å²) in [5.74, 6) is -0.115. The molecule has 19 heavy (non-hydrogen) atoms. The van der Waals surface area contributed by atoms with Gasteiger partial charge in [-0.2, -0.15) is 0 Å². The Hall–Kier alpha value is -1.84. The van der Waals surface area contributed by atoms with Crippen LogP contribution in [0.1, 0.15) is 31.4 Å². The minimum absolute atomic E-state index is 0.0247. The molecule has 0 spiro atoms. The Balaban J connectivity index is 2.47. The van der Waals surface area contributed by atoms with Crippen LogP contribution >= 0.6 is 0 Å². The fraction of sp³-hybridized carbons (Fsp3) is 0.467. The maximum absolute atomic E-state index is 12.5. The molecule has 0 bridgehead atoms. The van der Waals surface area contributed by atoms with Crippen LogP contribution in [0.2, 0.25) is 0 Å². The third-order valence-electron chi connectivity index (χ3n) is 3.65. The first-order chi connectivity index (χ1) is 8.95. The molecule has 0 saturated carbocycles. The van der Waals surface area contributed by atoms with Gasteiger partial charge in [-0.25, -0.2) is 0 Å². The SMILES string of the molecule is CCC1NC(=O)C(C)N(c2cc(C)ccc2C)C1=O. The first-order valence-corrected chi connectivity index (χ1v) is 6.66. The Morgan fingerprint density at radius 2 is 1.95 bits per heavy atom. The Bertz CT molecular complexity index is 525. The van der Waals surface area contributed by atoms with Gasteiger partial charge in [0.15, 0.2) is 0 Å². The predicted octanol–water partition coefficient (Wildman–Crippen LogP) is 1.93. The zero-order valence-corrected chi connectivity index (χ0v) is 11.9. The van der Waals surface area contributed by atoms with Gasteiger partial charge in [0.2, 0.25) is 11.8 Å². The van der Waals surface area contributed by atoms with Crippen molar-refractivity contribution in [2.75, 3.05) is 4.90 Å². The second kappa shape index (κ2) is 5.03. The van der Waals surface area contributed by atoms with Crippen LogP contribution in [0.15, 0.2) is 18.2 Å². The van der Waals surface area contributed by atoms with Crippen LogP contribution in [0, 0.1) is 13.8 Å². The van der Waals surface area contributed by atoms with E-state index in [1.807, 2.05) is 39.0 Å². The van der Waals surface area contributed by atoms with Gasteiger partial charge < -0.3 is 5.32 Å². The van der Waals surface area contributed by atoms with E-state index in [9.17, 15) is 9.59 Å². The molecule has 1 aliphatic heterocycles. The van der Waals surface area contributed by atoms with Crippen LogP contribution in [0.5, 0.6) is 0 Å². The summed E-state index contributed by atoms with van der Waals surface area (Å²) in [4.78, 5) is 26.1. The summed E-state index contributed by atoms with van der Waals surface area (Å²) in [6.45, 7) is 7.61. The summed E-state index contributed by atoms with van der Waals surface area (Å²) in [6.07, 6.45) is 0.610. The van der Waals surface area contributed by atoms with E-state index in [0.29, 0.717) is 6.42 Å². The molecule has 1 fully saturated rings. The van der Waals surface area contributed by atoms with Crippen LogP contribution in [0.3, 0.4) is 0 Å². The van der Waals surface area contributed by atoms with Crippen LogP contribution in [0.4, 0.5) is 5.69 Å². The Morgan fingerprint density at radius 3 is 2.58 bits per heavy atom. The Labute approximate surface area is 113 Å². The zero-order chi connectivity index (χ0) is 14.2. The van der Waals surface area contributed by atoms with Crippen molar-refractivity contribution < 1.29 is 9.59 Å². The molecule has 1 heterocycles. The number of hydrogen-bond donors (Lipinski definition) is 1. The number of aryl methyl sites for hydroxylation is 2. The van der Waals surface area contributed by atoms with Crippen LogP contribution in [0.25, 0.3) is 0 Å². The number of nitrogens with one attached hydrogen (secondary N) is 1. The van der Waals surface area contributed by atoms with Crippen molar-refractivity contribution in [1.29, 1.82) is 0 Å². The summed E-state index contributed by atoms with van der Waals surface area (Å²) in [6, 6.07) is 5.09. The molecular formula is C15H20N2O2. The normalized spacial score (nSPS) is 23.5. The van der Waals surface area contributed by atoms with Gasteiger partial charge in [-0.3, -0.25) is 14.5 Å². The number of nitrogens with zero attached hydrogens (tertiary/aromatic N) is 1. The molecule has 0 aromatic heterocycles. The third kappa shape index (κ3) is 2.35. The number of anilines is 1. The number of hydrogen-bond acceptors (Lipinski definition) is 2. The molecular weight excluding hydrogens is 240 g/mol. The van der Waals surface area contributed by atoms with Crippen LogP contribution in [-0.4, -0.2) is 23.9 Å². The molecule has 4 heteroatoms. The Kier molecular flexibility index (Phi) is 3.60. The van der Waals surface area contributed by atoms with Crippen molar-refractivity contribution in [3.05, 3.63) is 29.3 Å². The first kappa shape index (κ1) is 13.6. The van der Waals surface area contributed by atoms with Gasteiger partial charge in [0.1, 0.15) is 12.1 Å². The molecule has 102 valence electrons. The molecule has 1 aromatic carbocycles. The molecule has 2 unspecified atom stereocenters. The fourth-order valence-corrected chi connectivity index (χ4v) is 2.41. The van der Waals surface area contributed by atoms with Crippen molar-refractivity contribution in [2.24, 2.45) is 0 Å². The molecule has 1 saturated heterocycles. The van der Waals surface area contributed by atoms with E-state index in [4.69, 9.17) is 0 Å². The standard InChI is InChI=1S/C15H20N2O2/c1-5-12-15(19)17(11(4)14(18)16-12)13-8-9(2)6-7-10(13)3/h6-8,11-12H,5H2,1-4H3,(H,16,18). The third-order valence-corrected chi connectivity index (χ3v) is 3.65. The molecule has 1 aliphatic rings. The largest absolute Gasteiger partial charge is 0.343 e. The molecule has 0 aliphatic carbocycles. The van der Waals surface area contributed by atoms with E-state index in [-0.39, 0.29) is 11.8 Å². The van der Waals surface area contributed by atoms with Gasteiger partial charge in [0, 0.05) is 5.69 Å². The highest BCUT2D eigenvalue weighted by Gasteiger charge is 2.38. The minimum Gasteiger partial charge on any atom is -0.343 e. The van der Waals surface area contributed by atoms with Gasteiger partial charge in [0.05, 0.1) is 0 Å². The van der Waals surface area contributed by atoms with Crippen molar-refractivity contribution in [3.8, 4) is 0 Å². The number of benzene rings is 1. The number of carbonyl (C=O) groups is 2. The highest BCUT2D eigenvalue weighted by molar-refractivity contribution is 6.08. The molecule has 2 atom stereocenters. The smallest absolute Gasteiger partial charge is 0.250 e. The predicted molar refractivity (Wildman–Crippen MR) is 75.1 cm³/mol. The highest BCUT2D eigenvalue weighted by Crippen LogP contribution is 2.26. The van der Waals surface area contributed by atoms with Crippen LogP contribution in [-0.2, 0) is 9.59 Å². The summed E-state index contributed by atoms with van der Waals surface area (Å²) < 4.78 is 0. The number of carbonyl (C=O) groups excluding carboxylic acids is 2. The molecule has 2 amide bonds. The Morgan fingerprint density at radius 1 is 1.26 bits per heavy atom. The molecule has 4 nitrogen and oxygen atoms in total. The summed E-state index contributed by atoms with van der Waals surface area (Å²) in [5, 5.41) is 2.77. The summed E-state index contributed by atoms with van der Waals surface area (Å²) in [5.41, 5.74) is 2.93. The number of piperazine rings is 1. The van der Waals surface area contributed by atoms with Crippen molar-refractivity contribution in [2.45, 2.75) is 46.2 Å². The monoisotopic (exact) mass is 260 g/mol. The summed E-state index contributed by atoms with van der Waals surface area (Å²) >= 11 is 0. The maximum atomic E-state index is 12.5. The quantitative estimate of drug-likeness (QED) is 0.883. The topological polar surface area (TPSA) is 49.4 Å². The van der Waals surface area contributed by atoms with Gasteiger partial charge >= 0.3 is 0 Å². The fourth-order valence-electron chi connectivity index (χ4n) is 2.41. The molecule has 1 N–H and O–H groups in total. The lowest BCUT2D eigenvalue weighted by molar-refractivity contribution is -0.133. The zero-order valence-electron chi connectivity index (χ0n) is 11.9. The lowest BCUT2D eigenvalue weighted by atomic mass is 10.0. The lowest BCUT2D eigenvalue weighted by Crippen LogP contribution is -2.62. The first-order valence-electron chi connectivity index (χ1n) is 6.66. The summed E-state index contributed by atoms with van der Waals surface area (Å²) in [7, 11) is 0. The van der Waals surface area contributed by atoms with E-state index < -0.39 is 12.1 Å². The second-order valence-corrected chi connectivity index (χ2v) is 5.14. The maximum Gasteiger partial charge on any atom is 0.250 e. The minimum atomic E-state index is -0.462. The van der Waals surface area contributed by atoms with E-state index in [1.54, 1.807) is 11.8 Å². The highest BCUT2D eigenvalue weighted by atomic mass is 16.2. The van der Waals surface area contributed by atoms with Gasteiger partial charge in [-0.05, 0) is 44.4 Å². The van der Waals surface area contributed by atoms with E-state index in [0.717, 1.165) is 16.8 Å². The average Bonchev–Trinajstić information content (AvgIpc) is 2.38. The molecule has 1 aromatic rings. The average molecular weight is 260 g/mol. The van der Waals surface area contributed by atoms with Crippen molar-refractivity contribution in [3.63, 3.8) is 0 Å². The number of amides is 2. The molecule has 2 rings (SSSR count). The van der Waals surface area contributed by atoms with Gasteiger partial charge in [-0.15, -0.1) is 0 Å². The van der Waals surface area contributed by atoms with Crippen molar-refractivity contribution in [1.82, 2.24) is 5.32 Å². The van der Waals surface area contributed by atoms with Gasteiger partial charge in [-0.1, -0.05) is 19.1 Å². The van der Waals surface area contributed by atoms with E-state index in [2.05, 4.69) is 5.32 Å². The van der Waals surface area contributed by atoms with Crippen LogP contribution < -0.4 is 10.2 Å².